The molecule has 20 heavy (non-hydrogen) atoms. The van der Waals surface area contributed by atoms with E-state index in [-0.39, 0.29) is 0 Å². The second kappa shape index (κ2) is 6.74. The number of thiazole rings is 1. The lowest BCUT2D eigenvalue weighted by Gasteiger charge is -2.18. The highest BCUT2D eigenvalue weighted by Crippen LogP contribution is 2.31. The number of nitrogens with zero attached hydrogens (tertiary/aromatic N) is 4. The van der Waals surface area contributed by atoms with Gasteiger partial charge in [0, 0.05) is 13.1 Å². The summed E-state index contributed by atoms with van der Waals surface area (Å²) in [6.45, 7) is 1.18. The SMILES string of the molecule is COc1ccc2nc(N(CCC#N)CCC#N)sc2c1. The van der Waals surface area contributed by atoms with Crippen LogP contribution >= 0.6 is 11.3 Å². The quantitative estimate of drug-likeness (QED) is 0.816. The lowest BCUT2D eigenvalue weighted by molar-refractivity contribution is 0.415. The van der Waals surface area contributed by atoms with Crippen molar-refractivity contribution in [2.45, 2.75) is 12.8 Å². The second-order valence-corrected chi connectivity index (χ2v) is 5.14. The largest absolute Gasteiger partial charge is 0.497 e. The summed E-state index contributed by atoms with van der Waals surface area (Å²) >= 11 is 1.55. The van der Waals surface area contributed by atoms with Gasteiger partial charge in [-0.3, -0.25) is 0 Å². The molecular formula is C14H14N4OS. The number of nitriles is 2. The molecule has 0 aliphatic heterocycles. The molecule has 0 radical (unpaired) electrons. The number of anilines is 1. The number of benzene rings is 1. The molecule has 0 fully saturated rings. The van der Waals surface area contributed by atoms with Gasteiger partial charge in [0.15, 0.2) is 5.13 Å². The van der Waals surface area contributed by atoms with Crippen LogP contribution in [0.5, 0.6) is 5.75 Å². The van der Waals surface area contributed by atoms with E-state index in [1.807, 2.05) is 23.1 Å². The van der Waals surface area contributed by atoms with Crippen LogP contribution in [0.15, 0.2) is 18.2 Å². The smallest absolute Gasteiger partial charge is 0.186 e. The first-order valence-electron chi connectivity index (χ1n) is 6.22. The van der Waals surface area contributed by atoms with Crippen molar-refractivity contribution in [2.75, 3.05) is 25.1 Å². The number of fused-ring (bicyclic) bond motifs is 1. The molecule has 1 heterocycles. The fourth-order valence-electron chi connectivity index (χ4n) is 1.83. The normalized spacial score (nSPS) is 9.95. The van der Waals surface area contributed by atoms with E-state index in [4.69, 9.17) is 15.3 Å². The third-order valence-electron chi connectivity index (χ3n) is 2.84. The Morgan fingerprint density at radius 2 is 1.95 bits per heavy atom. The Labute approximate surface area is 121 Å². The summed E-state index contributed by atoms with van der Waals surface area (Å²) in [5, 5.41) is 18.3. The van der Waals surface area contributed by atoms with Crippen LogP contribution < -0.4 is 9.64 Å². The summed E-state index contributed by atoms with van der Waals surface area (Å²) in [6, 6.07) is 10.00. The van der Waals surface area contributed by atoms with Gasteiger partial charge in [-0.2, -0.15) is 10.5 Å². The van der Waals surface area contributed by atoms with Crippen molar-refractivity contribution in [3.05, 3.63) is 18.2 Å². The molecule has 0 saturated carbocycles. The van der Waals surface area contributed by atoms with E-state index >= 15 is 0 Å². The van der Waals surface area contributed by atoms with Crippen LogP contribution in [0.1, 0.15) is 12.8 Å². The highest BCUT2D eigenvalue weighted by Gasteiger charge is 2.12. The number of rotatable bonds is 6. The Morgan fingerprint density at radius 3 is 2.55 bits per heavy atom. The zero-order chi connectivity index (χ0) is 14.4. The van der Waals surface area contributed by atoms with Crippen LogP contribution in [0.2, 0.25) is 0 Å². The number of hydrogen-bond acceptors (Lipinski definition) is 6. The van der Waals surface area contributed by atoms with Gasteiger partial charge in [-0.05, 0) is 18.2 Å². The Morgan fingerprint density at radius 1 is 1.25 bits per heavy atom. The predicted molar refractivity (Wildman–Crippen MR) is 78.8 cm³/mol. The fourth-order valence-corrected chi connectivity index (χ4v) is 2.87. The van der Waals surface area contributed by atoms with Crippen molar-refractivity contribution in [1.82, 2.24) is 4.98 Å². The highest BCUT2D eigenvalue weighted by atomic mass is 32.1. The maximum atomic E-state index is 8.72. The molecule has 5 nitrogen and oxygen atoms in total. The standard InChI is InChI=1S/C14H14N4OS/c1-19-11-4-5-12-13(10-11)20-14(17-12)18(8-2-6-15)9-3-7-16/h4-5,10H,2-3,8-9H2,1H3. The lowest BCUT2D eigenvalue weighted by Crippen LogP contribution is -2.25. The third kappa shape index (κ3) is 3.17. The van der Waals surface area contributed by atoms with Gasteiger partial charge >= 0.3 is 0 Å². The van der Waals surface area contributed by atoms with E-state index in [1.54, 1.807) is 18.4 Å². The zero-order valence-corrected chi connectivity index (χ0v) is 12.0. The van der Waals surface area contributed by atoms with E-state index in [1.165, 1.54) is 0 Å². The molecule has 1 aromatic carbocycles. The maximum absolute atomic E-state index is 8.72. The van der Waals surface area contributed by atoms with E-state index in [2.05, 4.69) is 17.1 Å². The molecule has 6 heteroatoms. The van der Waals surface area contributed by atoms with Crippen molar-refractivity contribution in [1.29, 1.82) is 10.5 Å². The van der Waals surface area contributed by atoms with Gasteiger partial charge in [0.25, 0.3) is 0 Å². The Hall–Kier alpha value is -2.31. The molecule has 2 rings (SSSR count). The minimum atomic E-state index is 0.421. The van der Waals surface area contributed by atoms with Crippen LogP contribution in [-0.2, 0) is 0 Å². The first-order valence-corrected chi connectivity index (χ1v) is 7.03. The minimum Gasteiger partial charge on any atom is -0.497 e. The van der Waals surface area contributed by atoms with Crippen LogP contribution in [0.3, 0.4) is 0 Å². The molecule has 2 aromatic rings. The van der Waals surface area contributed by atoms with Crippen molar-refractivity contribution in [2.24, 2.45) is 0 Å². The maximum Gasteiger partial charge on any atom is 0.186 e. The molecule has 0 amide bonds. The Balaban J connectivity index is 2.28. The molecule has 0 bridgehead atoms. The molecule has 0 spiro atoms. The van der Waals surface area contributed by atoms with Crippen LogP contribution in [0, 0.1) is 22.7 Å². The number of ether oxygens (including phenoxy) is 1. The first kappa shape index (κ1) is 14.1. The molecule has 0 N–H and O–H groups in total. The summed E-state index contributed by atoms with van der Waals surface area (Å²) < 4.78 is 6.24. The summed E-state index contributed by atoms with van der Waals surface area (Å²) in [6.07, 6.45) is 0.843. The molecule has 0 atom stereocenters. The van der Waals surface area contributed by atoms with E-state index in [0.29, 0.717) is 25.9 Å². The predicted octanol–water partition coefficient (Wildman–Crippen LogP) is 2.94. The number of methoxy groups -OCH3 is 1. The Kier molecular flexibility index (Phi) is 4.75. The van der Waals surface area contributed by atoms with Gasteiger partial charge in [-0.25, -0.2) is 4.98 Å². The lowest BCUT2D eigenvalue weighted by atomic mass is 10.3. The van der Waals surface area contributed by atoms with Crippen molar-refractivity contribution < 1.29 is 4.74 Å². The molecule has 0 aliphatic carbocycles. The van der Waals surface area contributed by atoms with Crippen LogP contribution in [0.25, 0.3) is 10.2 Å². The monoisotopic (exact) mass is 286 g/mol. The topological polar surface area (TPSA) is 72.9 Å². The minimum absolute atomic E-state index is 0.421. The average molecular weight is 286 g/mol. The Bertz CT molecular complexity index is 650. The molecule has 0 saturated heterocycles. The fraction of sp³-hybridized carbons (Fsp3) is 0.357. The second-order valence-electron chi connectivity index (χ2n) is 4.13. The van der Waals surface area contributed by atoms with Crippen molar-refractivity contribution in [3.8, 4) is 17.9 Å². The highest BCUT2D eigenvalue weighted by molar-refractivity contribution is 7.22. The summed E-state index contributed by atoms with van der Waals surface area (Å²) in [7, 11) is 1.63. The van der Waals surface area contributed by atoms with Gasteiger partial charge in [-0.15, -0.1) is 0 Å². The average Bonchev–Trinajstić information content (AvgIpc) is 2.90. The molecule has 0 aliphatic rings. The molecular weight excluding hydrogens is 272 g/mol. The summed E-state index contributed by atoms with van der Waals surface area (Å²) in [4.78, 5) is 6.55. The van der Waals surface area contributed by atoms with Gasteiger partial charge < -0.3 is 9.64 Å². The van der Waals surface area contributed by atoms with Crippen molar-refractivity contribution in [3.63, 3.8) is 0 Å². The third-order valence-corrected chi connectivity index (χ3v) is 3.92. The summed E-state index contributed by atoms with van der Waals surface area (Å²) in [5.41, 5.74) is 0.907. The van der Waals surface area contributed by atoms with E-state index < -0.39 is 0 Å². The van der Waals surface area contributed by atoms with Gasteiger partial charge in [0.05, 0.1) is 42.3 Å². The van der Waals surface area contributed by atoms with Gasteiger partial charge in [0.1, 0.15) is 5.75 Å². The van der Waals surface area contributed by atoms with Crippen LogP contribution in [0.4, 0.5) is 5.13 Å². The zero-order valence-electron chi connectivity index (χ0n) is 11.2. The first-order chi connectivity index (χ1) is 9.78. The van der Waals surface area contributed by atoms with E-state index in [9.17, 15) is 0 Å². The summed E-state index contributed by atoms with van der Waals surface area (Å²) in [5.74, 6) is 0.799. The number of aromatic nitrogens is 1. The van der Waals surface area contributed by atoms with Gasteiger partial charge in [0.2, 0.25) is 0 Å². The van der Waals surface area contributed by atoms with Crippen molar-refractivity contribution >= 4 is 26.7 Å². The molecule has 1 aromatic heterocycles. The van der Waals surface area contributed by atoms with E-state index in [0.717, 1.165) is 21.1 Å². The van der Waals surface area contributed by atoms with Crippen LogP contribution in [-0.4, -0.2) is 25.2 Å². The molecule has 102 valence electrons. The number of hydrogen-bond donors (Lipinski definition) is 0. The van der Waals surface area contributed by atoms with Gasteiger partial charge in [-0.1, -0.05) is 11.3 Å². The molecule has 0 unspecified atom stereocenters.